The molecular weight excluding hydrogens is 271 g/mol. The molecule has 0 fully saturated rings. The van der Waals surface area contributed by atoms with E-state index in [4.69, 9.17) is 5.26 Å². The zero-order valence-corrected chi connectivity index (χ0v) is 10.7. The van der Waals surface area contributed by atoms with Crippen LogP contribution in [0.25, 0.3) is 11.0 Å². The van der Waals surface area contributed by atoms with E-state index < -0.39 is 11.7 Å². The first-order valence-corrected chi connectivity index (χ1v) is 6.11. The second kappa shape index (κ2) is 5.06. The van der Waals surface area contributed by atoms with E-state index in [2.05, 4.69) is 15.3 Å². The number of hydrogen-bond donors (Lipinski definition) is 2. The van der Waals surface area contributed by atoms with Crippen molar-refractivity contribution in [1.82, 2.24) is 9.97 Å². The molecule has 6 heteroatoms. The van der Waals surface area contributed by atoms with E-state index in [1.807, 2.05) is 6.07 Å². The fourth-order valence-electron chi connectivity index (χ4n) is 1.96. The van der Waals surface area contributed by atoms with E-state index in [0.717, 1.165) is 17.1 Å². The molecule has 0 bridgehead atoms. The SMILES string of the molecule is N#Cc1ccc(NC(=O)c2ccc3nc[nH]c3c2)c(F)c1. The monoisotopic (exact) mass is 280 g/mol. The third kappa shape index (κ3) is 2.44. The molecular formula is C15H9FN4O. The van der Waals surface area contributed by atoms with Gasteiger partial charge in [0.25, 0.3) is 5.91 Å². The first-order valence-electron chi connectivity index (χ1n) is 6.11. The van der Waals surface area contributed by atoms with Crippen molar-refractivity contribution in [1.29, 1.82) is 5.26 Å². The molecule has 0 atom stereocenters. The van der Waals surface area contributed by atoms with Gasteiger partial charge < -0.3 is 10.3 Å². The van der Waals surface area contributed by atoms with Crippen LogP contribution in [0, 0.1) is 17.1 Å². The zero-order chi connectivity index (χ0) is 14.8. The lowest BCUT2D eigenvalue weighted by Gasteiger charge is -2.06. The van der Waals surface area contributed by atoms with Gasteiger partial charge in [-0.15, -0.1) is 0 Å². The molecule has 3 rings (SSSR count). The molecule has 0 aliphatic carbocycles. The highest BCUT2D eigenvalue weighted by Gasteiger charge is 2.11. The van der Waals surface area contributed by atoms with E-state index in [9.17, 15) is 9.18 Å². The molecule has 2 aromatic carbocycles. The molecule has 5 nitrogen and oxygen atoms in total. The van der Waals surface area contributed by atoms with Gasteiger partial charge in [-0.3, -0.25) is 4.79 Å². The number of aromatic amines is 1. The van der Waals surface area contributed by atoms with Crippen LogP contribution in [-0.2, 0) is 0 Å². The number of benzene rings is 2. The molecule has 0 saturated heterocycles. The lowest BCUT2D eigenvalue weighted by atomic mass is 10.1. The summed E-state index contributed by atoms with van der Waals surface area (Å²) in [7, 11) is 0. The lowest BCUT2D eigenvalue weighted by molar-refractivity contribution is 0.102. The quantitative estimate of drug-likeness (QED) is 0.757. The highest BCUT2D eigenvalue weighted by atomic mass is 19.1. The van der Waals surface area contributed by atoms with Gasteiger partial charge in [0, 0.05) is 5.56 Å². The van der Waals surface area contributed by atoms with Gasteiger partial charge in [-0.25, -0.2) is 9.37 Å². The maximum absolute atomic E-state index is 13.7. The summed E-state index contributed by atoms with van der Waals surface area (Å²) in [5, 5.41) is 11.2. The number of nitriles is 1. The minimum absolute atomic E-state index is 0.0312. The Hall–Kier alpha value is -3.20. The zero-order valence-electron chi connectivity index (χ0n) is 10.7. The third-order valence-corrected chi connectivity index (χ3v) is 3.03. The molecule has 0 saturated carbocycles. The summed E-state index contributed by atoms with van der Waals surface area (Å²) in [6.45, 7) is 0. The van der Waals surface area contributed by atoms with Crippen molar-refractivity contribution >= 4 is 22.6 Å². The van der Waals surface area contributed by atoms with Crippen molar-refractivity contribution in [2.24, 2.45) is 0 Å². The molecule has 0 unspecified atom stereocenters. The molecule has 1 amide bonds. The maximum Gasteiger partial charge on any atom is 0.255 e. The Morgan fingerprint density at radius 3 is 2.90 bits per heavy atom. The number of imidazole rings is 1. The van der Waals surface area contributed by atoms with Crippen LogP contribution >= 0.6 is 0 Å². The molecule has 3 aromatic rings. The average Bonchev–Trinajstić information content (AvgIpc) is 2.96. The Labute approximate surface area is 119 Å². The summed E-state index contributed by atoms with van der Waals surface area (Å²) in [5.74, 6) is -1.08. The van der Waals surface area contributed by atoms with Crippen LogP contribution < -0.4 is 5.32 Å². The average molecular weight is 280 g/mol. The third-order valence-electron chi connectivity index (χ3n) is 3.03. The number of nitrogens with zero attached hydrogens (tertiary/aromatic N) is 2. The van der Waals surface area contributed by atoms with Crippen LogP contribution in [0.15, 0.2) is 42.7 Å². The van der Waals surface area contributed by atoms with Crippen molar-refractivity contribution in [3.63, 3.8) is 0 Å². The van der Waals surface area contributed by atoms with Gasteiger partial charge in [-0.1, -0.05) is 0 Å². The second-order valence-corrected chi connectivity index (χ2v) is 4.40. The summed E-state index contributed by atoms with van der Waals surface area (Å²) in [4.78, 5) is 19.1. The normalized spacial score (nSPS) is 10.3. The fourth-order valence-corrected chi connectivity index (χ4v) is 1.96. The van der Waals surface area contributed by atoms with Gasteiger partial charge in [0.2, 0.25) is 0 Å². The van der Waals surface area contributed by atoms with Gasteiger partial charge >= 0.3 is 0 Å². The smallest absolute Gasteiger partial charge is 0.255 e. The van der Waals surface area contributed by atoms with E-state index in [-0.39, 0.29) is 11.3 Å². The van der Waals surface area contributed by atoms with Crippen molar-refractivity contribution in [3.05, 3.63) is 59.7 Å². The maximum atomic E-state index is 13.7. The first-order chi connectivity index (χ1) is 10.2. The minimum Gasteiger partial charge on any atom is -0.345 e. The number of nitrogens with one attached hydrogen (secondary N) is 2. The predicted octanol–water partition coefficient (Wildman–Crippen LogP) is 2.83. The number of hydrogen-bond acceptors (Lipinski definition) is 3. The largest absolute Gasteiger partial charge is 0.345 e. The molecule has 0 aliphatic rings. The number of amides is 1. The summed E-state index contributed by atoms with van der Waals surface area (Å²) in [5.41, 5.74) is 2.09. The van der Waals surface area contributed by atoms with Crippen LogP contribution in [0.4, 0.5) is 10.1 Å². The Bertz CT molecular complexity index is 879. The van der Waals surface area contributed by atoms with E-state index >= 15 is 0 Å². The van der Waals surface area contributed by atoms with Crippen molar-refractivity contribution in [2.45, 2.75) is 0 Å². The van der Waals surface area contributed by atoms with Crippen LogP contribution in [0.1, 0.15) is 15.9 Å². The van der Waals surface area contributed by atoms with E-state index in [0.29, 0.717) is 5.56 Å². The van der Waals surface area contributed by atoms with Gasteiger partial charge in [0.1, 0.15) is 5.82 Å². The number of H-pyrrole nitrogens is 1. The van der Waals surface area contributed by atoms with Gasteiger partial charge in [0.05, 0.1) is 34.7 Å². The molecule has 1 aromatic heterocycles. The lowest BCUT2D eigenvalue weighted by Crippen LogP contribution is -2.13. The standard InChI is InChI=1S/C15H9FN4O/c16-11-5-9(7-17)1-3-12(11)20-15(21)10-2-4-13-14(6-10)19-8-18-13/h1-6,8H,(H,18,19)(H,20,21). The number of halogens is 1. The summed E-state index contributed by atoms with van der Waals surface area (Å²) in [6.07, 6.45) is 1.53. The number of fused-ring (bicyclic) bond motifs is 1. The van der Waals surface area contributed by atoms with E-state index in [1.54, 1.807) is 18.2 Å². The van der Waals surface area contributed by atoms with Gasteiger partial charge in [0.15, 0.2) is 0 Å². The Morgan fingerprint density at radius 1 is 1.29 bits per heavy atom. The molecule has 0 aliphatic heterocycles. The number of rotatable bonds is 2. The van der Waals surface area contributed by atoms with Gasteiger partial charge in [-0.2, -0.15) is 5.26 Å². The highest BCUT2D eigenvalue weighted by Crippen LogP contribution is 2.18. The Kier molecular flexibility index (Phi) is 3.09. The fraction of sp³-hybridized carbons (Fsp3) is 0. The Balaban J connectivity index is 1.87. The second-order valence-electron chi connectivity index (χ2n) is 4.40. The van der Waals surface area contributed by atoms with E-state index in [1.165, 1.54) is 18.5 Å². The van der Waals surface area contributed by atoms with Crippen molar-refractivity contribution in [3.8, 4) is 6.07 Å². The predicted molar refractivity (Wildman–Crippen MR) is 75.2 cm³/mol. The Morgan fingerprint density at radius 2 is 2.14 bits per heavy atom. The van der Waals surface area contributed by atoms with Gasteiger partial charge in [-0.05, 0) is 36.4 Å². The van der Waals surface area contributed by atoms with Crippen LogP contribution in [0.3, 0.4) is 0 Å². The highest BCUT2D eigenvalue weighted by molar-refractivity contribution is 6.05. The number of carbonyl (C=O) groups is 1. The number of anilines is 1. The number of carbonyl (C=O) groups excluding carboxylic acids is 1. The first kappa shape index (κ1) is 12.8. The van der Waals surface area contributed by atoms with Crippen LogP contribution in [-0.4, -0.2) is 15.9 Å². The number of aromatic nitrogens is 2. The minimum atomic E-state index is -0.648. The topological polar surface area (TPSA) is 81.6 Å². The molecule has 21 heavy (non-hydrogen) atoms. The van der Waals surface area contributed by atoms with Crippen LogP contribution in [0.2, 0.25) is 0 Å². The summed E-state index contributed by atoms with van der Waals surface area (Å²) < 4.78 is 13.7. The van der Waals surface area contributed by atoms with Crippen molar-refractivity contribution in [2.75, 3.05) is 5.32 Å². The molecule has 102 valence electrons. The summed E-state index contributed by atoms with van der Waals surface area (Å²) in [6, 6.07) is 10.7. The molecule has 2 N–H and O–H groups in total. The molecule has 0 spiro atoms. The van der Waals surface area contributed by atoms with Crippen molar-refractivity contribution < 1.29 is 9.18 Å². The molecule has 1 heterocycles. The summed E-state index contributed by atoms with van der Waals surface area (Å²) >= 11 is 0. The van der Waals surface area contributed by atoms with Crippen LogP contribution in [0.5, 0.6) is 0 Å². The molecule has 0 radical (unpaired) electrons.